The minimum Gasteiger partial charge on any atom is -0.285 e. The molecule has 0 radical (unpaired) electrons. The van der Waals surface area contributed by atoms with Crippen LogP contribution in [0.3, 0.4) is 0 Å². The summed E-state index contributed by atoms with van der Waals surface area (Å²) in [6, 6.07) is 24.9. The van der Waals surface area contributed by atoms with Crippen LogP contribution in [0.5, 0.6) is 0 Å². The number of rotatable bonds is 5. The molecule has 1 aliphatic heterocycles. The molecule has 0 aromatic heterocycles. The third kappa shape index (κ3) is 4.31. The molecule has 0 fully saturated rings. The van der Waals surface area contributed by atoms with Crippen molar-refractivity contribution in [1.82, 2.24) is 9.96 Å². The number of imide groups is 1. The lowest BCUT2D eigenvalue weighted by atomic mass is 9.82. The fourth-order valence-corrected chi connectivity index (χ4v) is 5.64. The predicted molar refractivity (Wildman–Crippen MR) is 149 cm³/mol. The van der Waals surface area contributed by atoms with Crippen LogP contribution in [0.1, 0.15) is 58.7 Å². The molecular weight excluding hydrogens is 544 g/mol. The predicted octanol–water partition coefficient (Wildman–Crippen LogP) is 6.62. The summed E-state index contributed by atoms with van der Waals surface area (Å²) >= 11 is 3.51. The van der Waals surface area contributed by atoms with E-state index in [4.69, 9.17) is 0 Å². The first-order valence-electron chi connectivity index (χ1n) is 12.3. The maximum atomic E-state index is 14.2. The van der Waals surface area contributed by atoms with E-state index in [0.29, 0.717) is 32.7 Å². The first-order chi connectivity index (χ1) is 18.1. The van der Waals surface area contributed by atoms with Gasteiger partial charge < -0.3 is 0 Å². The zero-order valence-electron chi connectivity index (χ0n) is 21.3. The van der Waals surface area contributed by atoms with Gasteiger partial charge in [-0.25, -0.2) is 5.06 Å². The van der Waals surface area contributed by atoms with Crippen molar-refractivity contribution >= 4 is 44.4 Å². The lowest BCUT2D eigenvalue weighted by Gasteiger charge is -2.42. The Morgan fingerprint density at radius 2 is 1.32 bits per heavy atom. The topological polar surface area (TPSA) is 77.9 Å². The van der Waals surface area contributed by atoms with Crippen LogP contribution in [-0.4, -0.2) is 38.9 Å². The number of carbonyl (C=O) groups excluding carboxylic acids is 3. The molecule has 1 heterocycles. The molecule has 1 aliphatic rings. The smallest absolute Gasteiger partial charge is 0.270 e. The first-order valence-corrected chi connectivity index (χ1v) is 13.1. The van der Waals surface area contributed by atoms with E-state index in [1.54, 1.807) is 45.0 Å². The second-order valence-electron chi connectivity index (χ2n) is 10.5. The van der Waals surface area contributed by atoms with Gasteiger partial charge in [-0.3, -0.25) is 24.5 Å². The van der Waals surface area contributed by atoms with Gasteiger partial charge in [-0.15, -0.1) is 0 Å². The molecule has 7 heteroatoms. The third-order valence-electron chi connectivity index (χ3n) is 6.90. The number of carbonyl (C=O) groups is 3. The van der Waals surface area contributed by atoms with Crippen molar-refractivity contribution in [3.63, 3.8) is 0 Å². The fourth-order valence-electron chi connectivity index (χ4n) is 5.18. The molecule has 4 aromatic rings. The van der Waals surface area contributed by atoms with E-state index < -0.39 is 35.2 Å². The number of hydrogen-bond acceptors (Lipinski definition) is 4. The van der Waals surface area contributed by atoms with Gasteiger partial charge in [0, 0.05) is 21.0 Å². The zero-order valence-corrected chi connectivity index (χ0v) is 22.8. The molecule has 0 unspecified atom stereocenters. The summed E-state index contributed by atoms with van der Waals surface area (Å²) in [4.78, 5) is 43.0. The van der Waals surface area contributed by atoms with E-state index in [9.17, 15) is 19.6 Å². The number of benzene rings is 4. The SMILES string of the molecule is CC(C)(C)[C@@H](C(=O)N(O)C(c1ccccc1)c1ccccc1)N1C(=O)c2cccc3c(Br)ccc(c23)C1=O. The highest BCUT2D eigenvalue weighted by Crippen LogP contribution is 2.39. The number of hydrogen-bond donors (Lipinski definition) is 1. The molecule has 1 atom stereocenters. The van der Waals surface area contributed by atoms with Gasteiger partial charge in [0.05, 0.1) is 0 Å². The van der Waals surface area contributed by atoms with Crippen molar-refractivity contribution in [2.45, 2.75) is 32.9 Å². The zero-order chi connectivity index (χ0) is 27.2. The molecule has 0 bridgehead atoms. The Labute approximate surface area is 229 Å². The second kappa shape index (κ2) is 9.82. The molecule has 1 N–H and O–H groups in total. The summed E-state index contributed by atoms with van der Waals surface area (Å²) in [5.74, 6) is -1.88. The van der Waals surface area contributed by atoms with E-state index in [-0.39, 0.29) is 0 Å². The largest absolute Gasteiger partial charge is 0.285 e. The van der Waals surface area contributed by atoms with Crippen molar-refractivity contribution in [3.8, 4) is 0 Å². The quantitative estimate of drug-likeness (QED) is 0.166. The fraction of sp³-hybridized carbons (Fsp3) is 0.194. The van der Waals surface area contributed by atoms with Gasteiger partial charge in [0.1, 0.15) is 12.1 Å². The molecule has 6 nitrogen and oxygen atoms in total. The van der Waals surface area contributed by atoms with Crippen LogP contribution in [0, 0.1) is 5.41 Å². The van der Waals surface area contributed by atoms with Crippen LogP contribution in [0.4, 0.5) is 0 Å². The lowest BCUT2D eigenvalue weighted by molar-refractivity contribution is -0.181. The summed E-state index contributed by atoms with van der Waals surface area (Å²) < 4.78 is 0.769. The van der Waals surface area contributed by atoms with Gasteiger partial charge in [0.15, 0.2) is 0 Å². The molecule has 38 heavy (non-hydrogen) atoms. The Morgan fingerprint density at radius 1 is 0.789 bits per heavy atom. The van der Waals surface area contributed by atoms with E-state index in [0.717, 1.165) is 14.8 Å². The van der Waals surface area contributed by atoms with Gasteiger partial charge >= 0.3 is 0 Å². The number of hydroxylamine groups is 2. The van der Waals surface area contributed by atoms with Crippen LogP contribution in [0.2, 0.25) is 0 Å². The highest BCUT2D eigenvalue weighted by Gasteiger charge is 2.48. The third-order valence-corrected chi connectivity index (χ3v) is 7.59. The normalized spacial score (nSPS) is 14.2. The van der Waals surface area contributed by atoms with Crippen LogP contribution in [-0.2, 0) is 4.79 Å². The van der Waals surface area contributed by atoms with Crippen molar-refractivity contribution in [2.24, 2.45) is 5.41 Å². The van der Waals surface area contributed by atoms with Gasteiger partial charge in [-0.05, 0) is 40.1 Å². The van der Waals surface area contributed by atoms with Crippen molar-refractivity contribution in [1.29, 1.82) is 0 Å². The Morgan fingerprint density at radius 3 is 1.84 bits per heavy atom. The number of amides is 3. The standard InChI is InChI=1S/C31H27BrN2O4/c1-31(2,3)27(30(37)34(38)26(19-11-6-4-7-12-19)20-13-8-5-9-14-20)33-28(35)22-16-10-15-21-24(32)18-17-23(25(21)22)29(33)36/h4-18,26-27,38H,1-3H3/t27-/m1/s1. The van der Waals surface area contributed by atoms with Gasteiger partial charge in [-0.1, -0.05) is 109 Å². The summed E-state index contributed by atoms with van der Waals surface area (Å²) in [7, 11) is 0. The minimum atomic E-state index is -1.27. The van der Waals surface area contributed by atoms with E-state index in [2.05, 4.69) is 15.9 Å². The van der Waals surface area contributed by atoms with Crippen LogP contribution >= 0.6 is 15.9 Å². The molecule has 0 saturated heterocycles. The molecule has 0 aliphatic carbocycles. The summed E-state index contributed by atoms with van der Waals surface area (Å²) in [5.41, 5.74) is 1.18. The summed E-state index contributed by atoms with van der Waals surface area (Å²) in [6.07, 6.45) is 0. The van der Waals surface area contributed by atoms with Gasteiger partial charge in [0.2, 0.25) is 0 Å². The molecule has 0 saturated carbocycles. The van der Waals surface area contributed by atoms with E-state index in [1.807, 2.05) is 66.7 Å². The van der Waals surface area contributed by atoms with Gasteiger partial charge in [-0.2, -0.15) is 0 Å². The Kier molecular flexibility index (Phi) is 6.67. The van der Waals surface area contributed by atoms with E-state index >= 15 is 0 Å². The highest BCUT2D eigenvalue weighted by molar-refractivity contribution is 9.10. The van der Waals surface area contributed by atoms with E-state index in [1.165, 1.54) is 0 Å². The van der Waals surface area contributed by atoms with Crippen LogP contribution in [0.25, 0.3) is 10.8 Å². The Bertz CT molecular complexity index is 1490. The second-order valence-corrected chi connectivity index (χ2v) is 11.3. The molecule has 3 amide bonds. The molecule has 0 spiro atoms. The maximum absolute atomic E-state index is 14.2. The lowest BCUT2D eigenvalue weighted by Crippen LogP contribution is -2.59. The monoisotopic (exact) mass is 570 g/mol. The molecule has 4 aromatic carbocycles. The first kappa shape index (κ1) is 25.8. The highest BCUT2D eigenvalue weighted by atomic mass is 79.9. The van der Waals surface area contributed by atoms with Crippen LogP contribution in [0.15, 0.2) is 95.5 Å². The number of nitrogens with zero attached hydrogens (tertiary/aromatic N) is 2. The minimum absolute atomic E-state index is 0.340. The maximum Gasteiger partial charge on any atom is 0.270 e. The average molecular weight is 571 g/mol. The van der Waals surface area contributed by atoms with Gasteiger partial charge in [0.25, 0.3) is 17.7 Å². The molecule has 192 valence electrons. The summed E-state index contributed by atoms with van der Waals surface area (Å²) in [5, 5.41) is 13.5. The van der Waals surface area contributed by atoms with Crippen molar-refractivity contribution in [2.75, 3.05) is 0 Å². The average Bonchev–Trinajstić information content (AvgIpc) is 2.90. The van der Waals surface area contributed by atoms with Crippen LogP contribution < -0.4 is 0 Å². The van der Waals surface area contributed by atoms with Crippen molar-refractivity contribution < 1.29 is 19.6 Å². The Balaban J connectivity index is 1.62. The number of halogens is 1. The van der Waals surface area contributed by atoms with Crippen molar-refractivity contribution in [3.05, 3.63) is 118 Å². The molecule has 5 rings (SSSR count). The summed E-state index contributed by atoms with van der Waals surface area (Å²) in [6.45, 7) is 5.34. The molecular formula is C31H27BrN2O4. The Hall–Kier alpha value is -3.81.